The number of urea groups is 1. The van der Waals surface area contributed by atoms with E-state index in [9.17, 15) is 13.2 Å². The van der Waals surface area contributed by atoms with Crippen LogP contribution in [-0.2, 0) is 16.6 Å². The number of amides is 2. The van der Waals surface area contributed by atoms with E-state index < -0.39 is 10.0 Å². The first-order chi connectivity index (χ1) is 13.9. The van der Waals surface area contributed by atoms with Crippen LogP contribution in [-0.4, -0.2) is 60.8 Å². The second kappa shape index (κ2) is 8.45. The lowest BCUT2D eigenvalue weighted by Gasteiger charge is -2.35. The molecule has 6 nitrogen and oxygen atoms in total. The maximum Gasteiger partial charge on any atom is 0.320 e. The van der Waals surface area contributed by atoms with Crippen LogP contribution in [0.2, 0.25) is 0 Å². The third-order valence-corrected chi connectivity index (χ3v) is 8.10. The van der Waals surface area contributed by atoms with Crippen molar-refractivity contribution in [2.45, 2.75) is 30.3 Å². The number of halogens is 1. The molecule has 29 heavy (non-hydrogen) atoms. The molecule has 0 spiro atoms. The maximum absolute atomic E-state index is 12.9. The van der Waals surface area contributed by atoms with Crippen molar-refractivity contribution in [2.75, 3.05) is 26.2 Å². The predicted molar refractivity (Wildman–Crippen MR) is 115 cm³/mol. The van der Waals surface area contributed by atoms with E-state index in [2.05, 4.69) is 15.9 Å². The molecule has 0 aromatic heterocycles. The van der Waals surface area contributed by atoms with Crippen LogP contribution in [0.5, 0.6) is 0 Å². The summed E-state index contributed by atoms with van der Waals surface area (Å²) in [6.07, 6.45) is 1.33. The SMILES string of the molecule is O=C1N(Cc2ccccc2)CCN1C1CCN(S(=O)(=O)c2ccc(Br)cc2)CC1. The number of hydrogen-bond donors (Lipinski definition) is 0. The smallest absolute Gasteiger partial charge is 0.320 e. The fraction of sp³-hybridized carbons (Fsp3) is 0.381. The molecule has 0 atom stereocenters. The van der Waals surface area contributed by atoms with Crippen LogP contribution in [0.1, 0.15) is 18.4 Å². The maximum atomic E-state index is 12.9. The summed E-state index contributed by atoms with van der Waals surface area (Å²) >= 11 is 3.34. The van der Waals surface area contributed by atoms with Crippen LogP contribution in [0.25, 0.3) is 0 Å². The van der Waals surface area contributed by atoms with E-state index in [4.69, 9.17) is 0 Å². The standard InChI is InChI=1S/C21H24BrN3O3S/c22-18-6-8-20(9-7-18)29(27,28)24-12-10-19(11-13-24)25-15-14-23(21(25)26)16-17-4-2-1-3-5-17/h1-9,19H,10-16H2. The van der Waals surface area contributed by atoms with E-state index >= 15 is 0 Å². The number of carbonyl (C=O) groups excluding carboxylic acids is 1. The monoisotopic (exact) mass is 477 g/mol. The van der Waals surface area contributed by atoms with Crippen LogP contribution in [0.3, 0.4) is 0 Å². The van der Waals surface area contributed by atoms with E-state index in [0.717, 1.165) is 10.0 Å². The fourth-order valence-corrected chi connectivity index (χ4v) is 5.77. The fourth-order valence-electron chi connectivity index (χ4n) is 4.04. The van der Waals surface area contributed by atoms with Crippen molar-refractivity contribution in [1.82, 2.24) is 14.1 Å². The Bertz CT molecular complexity index is 958. The first kappa shape index (κ1) is 20.4. The molecule has 154 valence electrons. The van der Waals surface area contributed by atoms with Crippen molar-refractivity contribution in [3.63, 3.8) is 0 Å². The molecule has 2 aliphatic rings. The normalized spacial score (nSPS) is 19.1. The Kier molecular flexibility index (Phi) is 5.94. The van der Waals surface area contributed by atoms with Crippen LogP contribution in [0.15, 0.2) is 64.0 Å². The number of rotatable bonds is 5. The van der Waals surface area contributed by atoms with E-state index in [0.29, 0.717) is 50.5 Å². The third kappa shape index (κ3) is 4.34. The number of benzene rings is 2. The lowest BCUT2D eigenvalue weighted by atomic mass is 10.1. The molecule has 2 aliphatic heterocycles. The summed E-state index contributed by atoms with van der Waals surface area (Å²) in [7, 11) is -3.49. The summed E-state index contributed by atoms with van der Waals surface area (Å²) in [5.41, 5.74) is 1.12. The van der Waals surface area contributed by atoms with Crippen LogP contribution < -0.4 is 0 Å². The summed E-state index contributed by atoms with van der Waals surface area (Å²) in [6, 6.07) is 16.9. The van der Waals surface area contributed by atoms with Crippen molar-refractivity contribution in [3.8, 4) is 0 Å². The second-order valence-electron chi connectivity index (χ2n) is 7.47. The van der Waals surface area contributed by atoms with Crippen molar-refractivity contribution >= 4 is 32.0 Å². The minimum atomic E-state index is -3.49. The molecule has 0 aliphatic carbocycles. The molecule has 0 N–H and O–H groups in total. The lowest BCUT2D eigenvalue weighted by Crippen LogP contribution is -2.47. The lowest BCUT2D eigenvalue weighted by molar-refractivity contribution is 0.153. The van der Waals surface area contributed by atoms with Crippen LogP contribution in [0, 0.1) is 0 Å². The Morgan fingerprint density at radius 1 is 0.897 bits per heavy atom. The number of sulfonamides is 1. The van der Waals surface area contributed by atoms with Crippen molar-refractivity contribution in [2.24, 2.45) is 0 Å². The zero-order valence-electron chi connectivity index (χ0n) is 16.1. The van der Waals surface area contributed by atoms with Gasteiger partial charge in [0.25, 0.3) is 0 Å². The van der Waals surface area contributed by atoms with Gasteiger partial charge >= 0.3 is 6.03 Å². The largest absolute Gasteiger partial charge is 0.320 e. The number of carbonyl (C=O) groups is 1. The predicted octanol–water partition coefficient (Wildman–Crippen LogP) is 3.54. The third-order valence-electron chi connectivity index (χ3n) is 5.66. The average Bonchev–Trinajstić information content (AvgIpc) is 3.09. The van der Waals surface area contributed by atoms with Gasteiger partial charge in [-0.15, -0.1) is 0 Å². The van der Waals surface area contributed by atoms with Gasteiger partial charge in [0, 0.05) is 43.2 Å². The molecule has 8 heteroatoms. The molecule has 2 heterocycles. The Morgan fingerprint density at radius 2 is 1.55 bits per heavy atom. The summed E-state index contributed by atoms with van der Waals surface area (Å²) in [5, 5.41) is 0. The Balaban J connectivity index is 1.36. The summed E-state index contributed by atoms with van der Waals surface area (Å²) in [5.74, 6) is 0. The summed E-state index contributed by atoms with van der Waals surface area (Å²) < 4.78 is 28.1. The summed E-state index contributed by atoms with van der Waals surface area (Å²) in [6.45, 7) is 2.91. The summed E-state index contributed by atoms with van der Waals surface area (Å²) in [4.78, 5) is 17.0. The molecule has 2 aromatic rings. The molecule has 2 aromatic carbocycles. The molecule has 2 amide bonds. The van der Waals surface area contributed by atoms with Crippen LogP contribution >= 0.6 is 15.9 Å². The van der Waals surface area contributed by atoms with Gasteiger partial charge in [-0.05, 0) is 42.7 Å². The molecule has 2 fully saturated rings. The second-order valence-corrected chi connectivity index (χ2v) is 10.3. The van der Waals surface area contributed by atoms with Gasteiger partial charge in [0.2, 0.25) is 10.0 Å². The highest BCUT2D eigenvalue weighted by atomic mass is 79.9. The number of piperidine rings is 1. The molecule has 4 rings (SSSR count). The van der Waals surface area contributed by atoms with Gasteiger partial charge in [0.05, 0.1) is 4.90 Å². The van der Waals surface area contributed by atoms with Gasteiger partial charge in [-0.3, -0.25) is 0 Å². The van der Waals surface area contributed by atoms with E-state index in [1.807, 2.05) is 40.1 Å². The first-order valence-electron chi connectivity index (χ1n) is 9.80. The minimum Gasteiger partial charge on any atom is -0.320 e. The number of hydrogen-bond acceptors (Lipinski definition) is 3. The highest BCUT2D eigenvalue weighted by Gasteiger charge is 2.37. The molecular formula is C21H24BrN3O3S. The van der Waals surface area contributed by atoms with Gasteiger partial charge in [0.1, 0.15) is 0 Å². The zero-order valence-corrected chi connectivity index (χ0v) is 18.5. The number of nitrogens with zero attached hydrogens (tertiary/aromatic N) is 3. The minimum absolute atomic E-state index is 0.0584. The van der Waals surface area contributed by atoms with Gasteiger partial charge in [-0.2, -0.15) is 4.31 Å². The molecule has 0 unspecified atom stereocenters. The van der Waals surface area contributed by atoms with E-state index in [-0.39, 0.29) is 12.1 Å². The Morgan fingerprint density at radius 3 is 2.21 bits per heavy atom. The first-order valence-corrected chi connectivity index (χ1v) is 12.0. The highest BCUT2D eigenvalue weighted by Crippen LogP contribution is 2.26. The molecule has 0 radical (unpaired) electrons. The van der Waals surface area contributed by atoms with Gasteiger partial charge in [0.15, 0.2) is 0 Å². The topological polar surface area (TPSA) is 60.9 Å². The Labute approximate surface area is 180 Å². The molecule has 0 saturated carbocycles. The van der Waals surface area contributed by atoms with Crippen molar-refractivity contribution in [3.05, 3.63) is 64.6 Å². The highest BCUT2D eigenvalue weighted by molar-refractivity contribution is 9.10. The van der Waals surface area contributed by atoms with Crippen molar-refractivity contribution < 1.29 is 13.2 Å². The van der Waals surface area contributed by atoms with Gasteiger partial charge in [-0.1, -0.05) is 46.3 Å². The molecule has 0 bridgehead atoms. The van der Waals surface area contributed by atoms with Gasteiger partial charge in [-0.25, -0.2) is 13.2 Å². The molecular weight excluding hydrogens is 454 g/mol. The van der Waals surface area contributed by atoms with Gasteiger partial charge < -0.3 is 9.80 Å². The van der Waals surface area contributed by atoms with Crippen LogP contribution in [0.4, 0.5) is 4.79 Å². The van der Waals surface area contributed by atoms with E-state index in [1.165, 1.54) is 4.31 Å². The van der Waals surface area contributed by atoms with Crippen molar-refractivity contribution in [1.29, 1.82) is 0 Å². The zero-order chi connectivity index (χ0) is 20.4. The average molecular weight is 478 g/mol. The molecule has 2 saturated heterocycles. The Hall–Kier alpha value is -1.90. The quantitative estimate of drug-likeness (QED) is 0.661. The van der Waals surface area contributed by atoms with E-state index in [1.54, 1.807) is 24.3 Å².